The van der Waals surface area contributed by atoms with Crippen LogP contribution in [0.3, 0.4) is 0 Å². The minimum absolute atomic E-state index is 0.0116. The van der Waals surface area contributed by atoms with Crippen molar-refractivity contribution in [2.75, 3.05) is 33.2 Å². The molecule has 7 rings (SSSR count). The van der Waals surface area contributed by atoms with Gasteiger partial charge in [0.1, 0.15) is 61.3 Å². The van der Waals surface area contributed by atoms with Crippen LogP contribution in [0.15, 0.2) is 4.99 Å². The lowest BCUT2D eigenvalue weighted by Gasteiger charge is -2.38. The Morgan fingerprint density at radius 2 is 1.44 bits per heavy atom. The van der Waals surface area contributed by atoms with Crippen LogP contribution < -0.4 is 38.1 Å². The van der Waals surface area contributed by atoms with Gasteiger partial charge in [-0.15, -0.1) is 0 Å². The Hall–Kier alpha value is -1.28. The predicted octanol–water partition coefficient (Wildman–Crippen LogP) is -6.83. The molecule has 15 atom stereocenters. The summed E-state index contributed by atoms with van der Waals surface area (Å²) in [4.78, 5) is 41.0. The van der Waals surface area contributed by atoms with Crippen LogP contribution in [-0.4, -0.2) is 155 Å². The number of nitrogens with two attached hydrogens (primary N) is 2. The Morgan fingerprint density at radius 3 is 2.07 bits per heavy atom. The SMILES string of the molecule is NC1=NC2C(NCN2[C@@H]2O[C@H]3COP(=O)(O)O[C@H]4[C@H](O)[C@H](N5CNC6C(N)NCNC65)O[C@H]4COP(=O)(O)O[C@H]3[C@@H]2O)C(=O)N1. The van der Waals surface area contributed by atoms with Gasteiger partial charge in [-0.2, -0.15) is 0 Å². The molecule has 0 aliphatic carbocycles. The maximum Gasteiger partial charge on any atom is 0.472 e. The molecule has 7 aliphatic heterocycles. The monoisotopic (exact) mass is 686 g/mol. The van der Waals surface area contributed by atoms with Crippen LogP contribution in [0, 0.1) is 0 Å². The van der Waals surface area contributed by atoms with Crippen molar-refractivity contribution in [2.24, 2.45) is 16.5 Å². The number of hydrogen-bond donors (Lipinski definition) is 11. The first-order valence-electron chi connectivity index (χ1n) is 14.2. The number of guanidine groups is 1. The summed E-state index contributed by atoms with van der Waals surface area (Å²) in [7, 11) is -9.95. The third-order valence-corrected chi connectivity index (χ3v) is 10.7. The van der Waals surface area contributed by atoms with E-state index in [1.807, 2.05) is 0 Å². The summed E-state index contributed by atoms with van der Waals surface area (Å²) in [6, 6.07) is -1.11. The van der Waals surface area contributed by atoms with Gasteiger partial charge in [-0.1, -0.05) is 0 Å². The second kappa shape index (κ2) is 12.0. The van der Waals surface area contributed by atoms with E-state index in [0.29, 0.717) is 6.67 Å². The summed E-state index contributed by atoms with van der Waals surface area (Å²) in [6.45, 7) is -0.923. The first-order chi connectivity index (χ1) is 21.3. The Bertz CT molecular complexity index is 1300. The number of carbonyl (C=O) groups is 1. The fraction of sp³-hybridized carbons (Fsp3) is 0.900. The van der Waals surface area contributed by atoms with E-state index in [4.69, 9.17) is 39.0 Å². The Labute approximate surface area is 255 Å². The lowest BCUT2D eigenvalue weighted by molar-refractivity contribution is -0.125. The molecule has 0 aromatic heterocycles. The van der Waals surface area contributed by atoms with Gasteiger partial charge in [0.15, 0.2) is 5.96 Å². The third-order valence-electron chi connectivity index (χ3n) is 8.77. The number of hydrogen-bond acceptors (Lipinski definition) is 20. The Kier molecular flexibility index (Phi) is 8.61. The molecule has 1 amide bonds. The summed E-state index contributed by atoms with van der Waals surface area (Å²) >= 11 is 0. The average molecular weight is 687 g/mol. The maximum atomic E-state index is 13.1. The molecule has 6 saturated heterocycles. The normalized spacial score (nSPS) is 53.0. The van der Waals surface area contributed by atoms with E-state index in [2.05, 4.69) is 31.6 Å². The summed E-state index contributed by atoms with van der Waals surface area (Å²) in [5, 5.41) is 37.2. The number of phosphoric acid groups is 2. The highest BCUT2D eigenvalue weighted by atomic mass is 31.2. The molecule has 0 bridgehead atoms. The van der Waals surface area contributed by atoms with Crippen LogP contribution in [0.5, 0.6) is 0 Å². The molecule has 0 saturated carbocycles. The van der Waals surface area contributed by atoms with Gasteiger partial charge in [0.05, 0.1) is 44.9 Å². The van der Waals surface area contributed by atoms with Crippen molar-refractivity contribution < 1.29 is 61.5 Å². The number of nitrogens with one attached hydrogen (secondary N) is 5. The Balaban J connectivity index is 1.09. The minimum atomic E-state index is -4.98. The number of carbonyl (C=O) groups excluding carboxylic acids is 1. The molecule has 0 radical (unpaired) electrons. The quantitative estimate of drug-likeness (QED) is 0.120. The number of fused-ring (bicyclic) bond motifs is 4. The number of aliphatic hydroxyl groups excluding tert-OH is 2. The fourth-order valence-corrected chi connectivity index (χ4v) is 8.59. The highest BCUT2D eigenvalue weighted by molar-refractivity contribution is 7.47. The first kappa shape index (κ1) is 32.3. The van der Waals surface area contributed by atoms with Gasteiger partial charge < -0.3 is 40.9 Å². The van der Waals surface area contributed by atoms with Gasteiger partial charge in [-0.25, -0.2) is 23.9 Å². The fourth-order valence-electron chi connectivity index (χ4n) is 6.66. The number of amides is 1. The van der Waals surface area contributed by atoms with E-state index in [-0.39, 0.29) is 25.3 Å². The highest BCUT2D eigenvalue weighted by Crippen LogP contribution is 2.52. The lowest BCUT2D eigenvalue weighted by Crippen LogP contribution is -2.68. The number of phosphoric ester groups is 2. The second-order valence-electron chi connectivity index (χ2n) is 11.5. The molecule has 7 heterocycles. The second-order valence-corrected chi connectivity index (χ2v) is 14.3. The maximum absolute atomic E-state index is 13.1. The molecule has 7 unspecified atom stereocenters. The molecule has 7 aliphatic rings. The van der Waals surface area contributed by atoms with E-state index in [0.717, 1.165) is 0 Å². The molecule has 25 heteroatoms. The highest BCUT2D eigenvalue weighted by Gasteiger charge is 2.58. The summed E-state index contributed by atoms with van der Waals surface area (Å²) in [6.07, 6.45) is -13.3. The van der Waals surface area contributed by atoms with Gasteiger partial charge in [0.2, 0.25) is 5.91 Å². The topological polar surface area (TPSA) is 319 Å². The molecule has 0 aromatic carbocycles. The van der Waals surface area contributed by atoms with E-state index < -0.39 is 108 Å². The van der Waals surface area contributed by atoms with Crippen molar-refractivity contribution in [1.29, 1.82) is 0 Å². The largest absolute Gasteiger partial charge is 0.472 e. The van der Waals surface area contributed by atoms with E-state index in [1.54, 1.807) is 4.90 Å². The zero-order valence-electron chi connectivity index (χ0n) is 23.4. The molecule has 45 heavy (non-hydrogen) atoms. The lowest BCUT2D eigenvalue weighted by atomic mass is 10.1. The van der Waals surface area contributed by atoms with Gasteiger partial charge in [-0.3, -0.25) is 49.5 Å². The minimum Gasteiger partial charge on any atom is -0.386 e. The van der Waals surface area contributed by atoms with Crippen LogP contribution in [-0.2, 0) is 41.5 Å². The van der Waals surface area contributed by atoms with E-state index in [9.17, 15) is 33.9 Å². The van der Waals surface area contributed by atoms with Crippen molar-refractivity contribution in [3.05, 3.63) is 0 Å². The van der Waals surface area contributed by atoms with Crippen LogP contribution >= 0.6 is 15.6 Å². The van der Waals surface area contributed by atoms with Crippen molar-refractivity contribution in [3.63, 3.8) is 0 Å². The van der Waals surface area contributed by atoms with Gasteiger partial charge in [-0.05, 0) is 0 Å². The number of nitrogens with zero attached hydrogens (tertiary/aromatic N) is 3. The molecule has 23 nitrogen and oxygen atoms in total. The standard InChI is InChI=1S/C20H36N10O13P2/c21-14-8-15(24-3-23-14)29(4-25-8)18-10(31)12-6(40-18)1-38-45(36,37)43-13-7(2-39-44(34,35)42-12)41-19(11(13)32)30-5-26-9-16(30)27-20(22)28-17(9)33/h6-16,18-19,23-26,31-32H,1-5,21H2,(H,34,35)(H,36,37)(H3,22,27,28,33)/t6-,7-,8?,9?,10-,11-,12+,13+,14?,15?,16?,18+,19+/m0/s1. The molecular weight excluding hydrogens is 650 g/mol. The van der Waals surface area contributed by atoms with Crippen LogP contribution in [0.1, 0.15) is 0 Å². The molecular formula is C20H36N10O13P2. The summed E-state index contributed by atoms with van der Waals surface area (Å²) < 4.78 is 59.2. The van der Waals surface area contributed by atoms with Crippen LogP contribution in [0.4, 0.5) is 0 Å². The summed E-state index contributed by atoms with van der Waals surface area (Å²) in [5.74, 6) is -0.623. The zero-order chi connectivity index (χ0) is 31.8. The zero-order valence-corrected chi connectivity index (χ0v) is 25.2. The molecule has 13 N–H and O–H groups in total. The molecule has 0 spiro atoms. The number of ether oxygens (including phenoxy) is 2. The van der Waals surface area contributed by atoms with Crippen molar-refractivity contribution >= 4 is 27.5 Å². The van der Waals surface area contributed by atoms with Crippen LogP contribution in [0.2, 0.25) is 0 Å². The molecule has 6 fully saturated rings. The first-order valence-corrected chi connectivity index (χ1v) is 17.1. The Morgan fingerprint density at radius 1 is 0.867 bits per heavy atom. The number of aliphatic imine (C=N–C) groups is 1. The molecule has 0 aromatic rings. The third kappa shape index (κ3) is 5.99. The van der Waals surface area contributed by atoms with Gasteiger partial charge in [0.25, 0.3) is 0 Å². The van der Waals surface area contributed by atoms with Gasteiger partial charge >= 0.3 is 15.6 Å². The van der Waals surface area contributed by atoms with Crippen molar-refractivity contribution in [2.45, 2.75) is 79.7 Å². The average Bonchev–Trinajstić information content (AvgIpc) is 3.72. The smallest absolute Gasteiger partial charge is 0.386 e. The van der Waals surface area contributed by atoms with Crippen molar-refractivity contribution in [3.8, 4) is 0 Å². The molecule has 254 valence electrons. The summed E-state index contributed by atoms with van der Waals surface area (Å²) in [5.41, 5.74) is 11.8. The number of aliphatic hydroxyl groups is 2. The van der Waals surface area contributed by atoms with Crippen molar-refractivity contribution in [1.82, 2.24) is 36.4 Å². The van der Waals surface area contributed by atoms with Crippen LogP contribution in [0.25, 0.3) is 0 Å². The van der Waals surface area contributed by atoms with E-state index >= 15 is 0 Å². The van der Waals surface area contributed by atoms with Gasteiger partial charge in [0, 0.05) is 6.67 Å². The number of rotatable bonds is 2. The predicted molar refractivity (Wildman–Crippen MR) is 144 cm³/mol. The van der Waals surface area contributed by atoms with E-state index in [1.165, 1.54) is 4.90 Å².